The van der Waals surface area contributed by atoms with Crippen LogP contribution in [0.3, 0.4) is 0 Å². The molecule has 33 heavy (non-hydrogen) atoms. The van der Waals surface area contributed by atoms with Crippen LogP contribution in [-0.4, -0.2) is 40.4 Å². The van der Waals surface area contributed by atoms with Crippen LogP contribution >= 0.6 is 8.53 Å². The van der Waals surface area contributed by atoms with Crippen LogP contribution in [0.5, 0.6) is 5.75 Å². The number of nitrogens with one attached hydrogen (secondary N) is 2. The Morgan fingerprint density at radius 3 is 2.64 bits per heavy atom. The molecule has 0 radical (unpaired) electrons. The lowest BCUT2D eigenvalue weighted by molar-refractivity contribution is -0.149. The van der Waals surface area contributed by atoms with Gasteiger partial charge in [-0.3, -0.25) is 19.1 Å². The van der Waals surface area contributed by atoms with E-state index in [1.807, 2.05) is 25.1 Å². The number of aromatic amines is 1. The van der Waals surface area contributed by atoms with Gasteiger partial charge in [-0.1, -0.05) is 25.1 Å². The molecule has 3 rings (SSSR count). The Labute approximate surface area is 193 Å². The number of hydrogen-bond acceptors (Lipinski definition) is 8. The number of para-hydroxylation sites is 1. The molecule has 1 aliphatic rings. The van der Waals surface area contributed by atoms with E-state index in [1.165, 1.54) is 16.8 Å². The third-order valence-electron chi connectivity index (χ3n) is 4.99. The van der Waals surface area contributed by atoms with Crippen molar-refractivity contribution in [2.45, 2.75) is 58.6 Å². The molecule has 2 N–H and O–H groups in total. The van der Waals surface area contributed by atoms with Crippen molar-refractivity contribution in [2.24, 2.45) is 5.92 Å². The van der Waals surface area contributed by atoms with Crippen molar-refractivity contribution < 1.29 is 23.3 Å². The lowest BCUT2D eigenvalue weighted by atomic mass is 10.0. The Balaban J connectivity index is 1.64. The van der Waals surface area contributed by atoms with Crippen LogP contribution < -0.4 is 20.9 Å². The molecule has 0 amide bonds. The van der Waals surface area contributed by atoms with Gasteiger partial charge < -0.3 is 18.5 Å². The van der Waals surface area contributed by atoms with Gasteiger partial charge in [0.1, 0.15) is 18.0 Å². The van der Waals surface area contributed by atoms with E-state index in [0.29, 0.717) is 12.2 Å². The van der Waals surface area contributed by atoms with Gasteiger partial charge in [-0.15, -0.1) is 0 Å². The molecule has 0 saturated carbocycles. The second kappa shape index (κ2) is 11.6. The van der Waals surface area contributed by atoms with Gasteiger partial charge in [0.05, 0.1) is 18.8 Å². The van der Waals surface area contributed by atoms with E-state index in [9.17, 15) is 14.4 Å². The molecule has 11 heteroatoms. The smallest absolute Gasteiger partial charge is 0.330 e. The molecule has 1 aliphatic heterocycles. The number of carbonyl (C=O) groups excluding carboxylic acids is 1. The van der Waals surface area contributed by atoms with Crippen molar-refractivity contribution in [3.63, 3.8) is 0 Å². The maximum absolute atomic E-state index is 12.2. The average molecular weight is 479 g/mol. The van der Waals surface area contributed by atoms with Crippen molar-refractivity contribution in [2.75, 3.05) is 6.61 Å². The first-order valence-electron chi connectivity index (χ1n) is 10.8. The summed E-state index contributed by atoms with van der Waals surface area (Å²) in [6.07, 6.45) is 0.966. The highest BCUT2D eigenvalue weighted by Crippen LogP contribution is 2.39. The third-order valence-corrected chi connectivity index (χ3v) is 6.35. The fourth-order valence-corrected chi connectivity index (χ4v) is 4.45. The Hall–Kier alpha value is -2.52. The first kappa shape index (κ1) is 25.1. The molecule has 1 aromatic carbocycles. The highest BCUT2D eigenvalue weighted by molar-refractivity contribution is 7.45. The normalized spacial score (nSPS) is 22.2. The van der Waals surface area contributed by atoms with Gasteiger partial charge >= 0.3 is 20.2 Å². The van der Waals surface area contributed by atoms with Gasteiger partial charge in [0.25, 0.3) is 5.56 Å². The number of aromatic nitrogens is 2. The van der Waals surface area contributed by atoms with Crippen LogP contribution in [0.25, 0.3) is 0 Å². The lowest BCUT2D eigenvalue weighted by Crippen LogP contribution is -2.35. The van der Waals surface area contributed by atoms with E-state index < -0.39 is 38.0 Å². The highest BCUT2D eigenvalue weighted by atomic mass is 31.2. The topological polar surface area (TPSA) is 121 Å². The third kappa shape index (κ3) is 7.23. The summed E-state index contributed by atoms with van der Waals surface area (Å²) in [7, 11) is -1.69. The zero-order valence-electron chi connectivity index (χ0n) is 19.1. The first-order chi connectivity index (χ1) is 15.7. The number of hydrogen-bond donors (Lipinski definition) is 2. The molecular formula is C22H30N3O7P. The number of H-pyrrole nitrogens is 1. The minimum atomic E-state index is -1.69. The highest BCUT2D eigenvalue weighted by Gasteiger charge is 2.35. The number of benzene rings is 1. The second-order valence-corrected chi connectivity index (χ2v) is 9.37. The summed E-state index contributed by atoms with van der Waals surface area (Å²) in [4.78, 5) is 37.9. The molecule has 2 aromatic rings. The van der Waals surface area contributed by atoms with Crippen LogP contribution in [0.2, 0.25) is 0 Å². The first-order valence-corrected chi connectivity index (χ1v) is 12.0. The predicted molar refractivity (Wildman–Crippen MR) is 123 cm³/mol. The standard InChI is InChI=1S/C22H30N3O7P/c1-14(2)30-21(27)16(4)24-33(32-17-8-6-5-7-9-17)29-13-18-15(3)12-20(31-18)25-11-10-19(26)23-22(25)28/h5-11,14-16,18,20,24H,12-13H2,1-4H3,(H,23,26,28). The number of esters is 1. The minimum Gasteiger partial charge on any atom is -0.462 e. The molecule has 2 heterocycles. The SMILES string of the molecule is CC(C)OC(=O)C(C)NP(OCC1OC(n2ccc(=O)[nH]c2=O)CC1C)Oc1ccccc1. The summed E-state index contributed by atoms with van der Waals surface area (Å²) < 4.78 is 24.6. The number of ether oxygens (including phenoxy) is 2. The molecule has 1 aromatic heterocycles. The Kier molecular flexibility index (Phi) is 8.80. The van der Waals surface area contributed by atoms with Crippen molar-refractivity contribution in [1.29, 1.82) is 0 Å². The fraction of sp³-hybridized carbons (Fsp3) is 0.500. The van der Waals surface area contributed by atoms with Gasteiger partial charge in [-0.25, -0.2) is 9.88 Å². The quantitative estimate of drug-likeness (QED) is 0.394. The Morgan fingerprint density at radius 2 is 1.97 bits per heavy atom. The maximum atomic E-state index is 12.2. The van der Waals surface area contributed by atoms with Crippen molar-refractivity contribution >= 4 is 14.5 Å². The zero-order chi connectivity index (χ0) is 24.0. The van der Waals surface area contributed by atoms with Crippen LogP contribution in [0.4, 0.5) is 0 Å². The molecule has 5 unspecified atom stereocenters. The molecule has 5 atom stereocenters. The largest absolute Gasteiger partial charge is 0.462 e. The fourth-order valence-electron chi connectivity index (χ4n) is 3.25. The van der Waals surface area contributed by atoms with Crippen LogP contribution in [-0.2, 0) is 18.8 Å². The molecule has 1 saturated heterocycles. The van der Waals surface area contributed by atoms with Gasteiger partial charge in [-0.2, -0.15) is 0 Å². The summed E-state index contributed by atoms with van der Waals surface area (Å²) in [5, 5.41) is 3.06. The summed E-state index contributed by atoms with van der Waals surface area (Å²) in [6, 6.07) is 9.79. The Morgan fingerprint density at radius 1 is 1.24 bits per heavy atom. The summed E-state index contributed by atoms with van der Waals surface area (Å²) in [6.45, 7) is 7.44. The van der Waals surface area contributed by atoms with Crippen LogP contribution in [0.1, 0.15) is 40.3 Å². The van der Waals surface area contributed by atoms with E-state index in [0.717, 1.165) is 0 Å². The number of carbonyl (C=O) groups is 1. The maximum Gasteiger partial charge on any atom is 0.330 e. The van der Waals surface area contributed by atoms with Gasteiger partial charge in [0.15, 0.2) is 0 Å². The van der Waals surface area contributed by atoms with E-state index >= 15 is 0 Å². The average Bonchev–Trinajstić information content (AvgIpc) is 3.12. The molecular weight excluding hydrogens is 449 g/mol. The van der Waals surface area contributed by atoms with Crippen LogP contribution in [0, 0.1) is 5.92 Å². The van der Waals surface area contributed by atoms with Gasteiger partial charge in [0, 0.05) is 12.3 Å². The predicted octanol–water partition coefficient (Wildman–Crippen LogP) is 2.71. The Bertz CT molecular complexity index is 1030. The zero-order valence-corrected chi connectivity index (χ0v) is 20.0. The molecule has 0 aliphatic carbocycles. The molecule has 0 spiro atoms. The number of rotatable bonds is 10. The minimum absolute atomic E-state index is 0.0886. The van der Waals surface area contributed by atoms with Gasteiger partial charge in [0.2, 0.25) is 0 Å². The molecule has 1 fully saturated rings. The lowest BCUT2D eigenvalue weighted by Gasteiger charge is -2.24. The summed E-state index contributed by atoms with van der Waals surface area (Å²) >= 11 is 0. The van der Waals surface area contributed by atoms with Gasteiger partial charge in [-0.05, 0) is 45.2 Å². The monoisotopic (exact) mass is 479 g/mol. The summed E-state index contributed by atoms with van der Waals surface area (Å²) in [5.41, 5.74) is -0.975. The van der Waals surface area contributed by atoms with E-state index in [1.54, 1.807) is 32.9 Å². The molecule has 10 nitrogen and oxygen atoms in total. The second-order valence-electron chi connectivity index (χ2n) is 8.15. The molecule has 180 valence electrons. The van der Waals surface area contributed by atoms with E-state index in [2.05, 4.69) is 10.1 Å². The van der Waals surface area contributed by atoms with Crippen LogP contribution in [0.15, 0.2) is 52.2 Å². The summed E-state index contributed by atoms with van der Waals surface area (Å²) in [5.74, 6) is 0.282. The van der Waals surface area contributed by atoms with Crippen molar-refractivity contribution in [3.05, 3.63) is 63.4 Å². The van der Waals surface area contributed by atoms with E-state index in [4.69, 9.17) is 18.5 Å². The number of nitrogens with zero attached hydrogens (tertiary/aromatic N) is 1. The van der Waals surface area contributed by atoms with E-state index in [-0.39, 0.29) is 24.7 Å². The van der Waals surface area contributed by atoms with Crippen molar-refractivity contribution in [1.82, 2.24) is 14.6 Å². The van der Waals surface area contributed by atoms with Crippen molar-refractivity contribution in [3.8, 4) is 5.75 Å². The molecule has 0 bridgehead atoms.